The van der Waals surface area contributed by atoms with Gasteiger partial charge in [-0.1, -0.05) is 6.07 Å². The number of carbonyl (C=O) groups excluding carboxylic acids is 1. The molecule has 1 amide bonds. The van der Waals surface area contributed by atoms with E-state index in [2.05, 4.69) is 26.2 Å². The van der Waals surface area contributed by atoms with Crippen molar-refractivity contribution in [3.63, 3.8) is 0 Å². The Bertz CT molecular complexity index is 785. The van der Waals surface area contributed by atoms with E-state index in [9.17, 15) is 9.18 Å². The number of aromatic nitrogens is 1. The van der Waals surface area contributed by atoms with Crippen molar-refractivity contribution in [3.05, 3.63) is 52.4 Å². The molecule has 138 valence electrons. The average Bonchev–Trinajstić information content (AvgIpc) is 2.64. The van der Waals surface area contributed by atoms with Crippen LogP contribution in [-0.4, -0.2) is 41.5 Å². The first-order valence-corrected chi connectivity index (χ1v) is 9.32. The summed E-state index contributed by atoms with van der Waals surface area (Å²) in [6.45, 7) is 2.63. The van der Waals surface area contributed by atoms with E-state index in [4.69, 9.17) is 4.74 Å². The van der Waals surface area contributed by atoms with Crippen LogP contribution in [0.3, 0.4) is 0 Å². The number of hydrogen-bond acceptors (Lipinski definition) is 4. The van der Waals surface area contributed by atoms with Crippen molar-refractivity contribution in [1.82, 2.24) is 9.88 Å². The zero-order valence-electron chi connectivity index (χ0n) is 14.7. The summed E-state index contributed by atoms with van der Waals surface area (Å²) in [5.41, 5.74) is 0.252. The maximum atomic E-state index is 14.0. The molecule has 0 radical (unpaired) electrons. The number of nitrogens with zero attached hydrogens (tertiary/aromatic N) is 2. The van der Waals surface area contributed by atoms with E-state index in [1.807, 2.05) is 19.1 Å². The van der Waals surface area contributed by atoms with Gasteiger partial charge in [-0.25, -0.2) is 9.37 Å². The molecule has 26 heavy (non-hydrogen) atoms. The molecule has 1 saturated heterocycles. The number of pyridine rings is 1. The molecule has 5 nitrogen and oxygen atoms in total. The van der Waals surface area contributed by atoms with Crippen LogP contribution < -0.4 is 10.1 Å². The van der Waals surface area contributed by atoms with Crippen LogP contribution in [0.5, 0.6) is 5.75 Å². The number of likely N-dealkylation sites (tertiary alicyclic amines) is 1. The summed E-state index contributed by atoms with van der Waals surface area (Å²) < 4.78 is 20.0. The van der Waals surface area contributed by atoms with E-state index in [0.717, 1.165) is 23.1 Å². The molecule has 1 N–H and O–H groups in total. The van der Waals surface area contributed by atoms with Crippen LogP contribution in [-0.2, 0) is 0 Å². The van der Waals surface area contributed by atoms with Gasteiger partial charge >= 0.3 is 0 Å². The summed E-state index contributed by atoms with van der Waals surface area (Å²) in [5, 5.41) is 3.40. The Morgan fingerprint density at radius 2 is 2.19 bits per heavy atom. The third-order valence-corrected chi connectivity index (χ3v) is 5.18. The fraction of sp³-hybridized carbons (Fsp3) is 0.368. The predicted octanol–water partition coefficient (Wildman–Crippen LogP) is 4.10. The fourth-order valence-corrected chi connectivity index (χ4v) is 3.55. The Morgan fingerprint density at radius 1 is 1.38 bits per heavy atom. The summed E-state index contributed by atoms with van der Waals surface area (Å²) in [5.74, 6) is 0.0120. The highest BCUT2D eigenvalue weighted by Gasteiger charge is 2.33. The molecule has 7 heteroatoms. The van der Waals surface area contributed by atoms with Crippen molar-refractivity contribution in [3.8, 4) is 5.75 Å². The van der Waals surface area contributed by atoms with Crippen LogP contribution in [0.15, 0.2) is 41.0 Å². The number of benzene rings is 1. The van der Waals surface area contributed by atoms with Gasteiger partial charge in [-0.15, -0.1) is 0 Å². The molecular weight excluding hydrogens is 401 g/mol. The van der Waals surface area contributed by atoms with Gasteiger partial charge in [-0.3, -0.25) is 4.79 Å². The van der Waals surface area contributed by atoms with Gasteiger partial charge in [0.15, 0.2) is 11.6 Å². The molecule has 1 aromatic carbocycles. The van der Waals surface area contributed by atoms with Crippen molar-refractivity contribution in [2.24, 2.45) is 0 Å². The monoisotopic (exact) mass is 421 g/mol. The molecule has 0 bridgehead atoms. The maximum absolute atomic E-state index is 14.0. The SMILES string of the molecule is COc1c(F)cccc1C(=O)N1CCC[C@H](Nc2ccc(Br)cn2)[C@H]1C. The number of amides is 1. The quantitative estimate of drug-likeness (QED) is 0.807. The minimum absolute atomic E-state index is 0.00522. The van der Waals surface area contributed by atoms with Gasteiger partial charge in [-0.2, -0.15) is 0 Å². The summed E-state index contributed by atoms with van der Waals surface area (Å²) in [6, 6.07) is 8.25. The Labute approximate surface area is 160 Å². The molecule has 1 aliphatic heterocycles. The molecule has 3 rings (SSSR count). The number of anilines is 1. The van der Waals surface area contributed by atoms with E-state index < -0.39 is 5.82 Å². The Hall–Kier alpha value is -2.15. The molecule has 0 saturated carbocycles. The molecule has 1 aliphatic rings. The molecule has 0 aliphatic carbocycles. The van der Waals surface area contributed by atoms with Crippen LogP contribution in [0, 0.1) is 5.82 Å². The highest BCUT2D eigenvalue weighted by atomic mass is 79.9. The summed E-state index contributed by atoms with van der Waals surface area (Å²) >= 11 is 3.37. The molecular formula is C19H21BrFN3O2. The van der Waals surface area contributed by atoms with Crippen molar-refractivity contribution in [2.75, 3.05) is 19.0 Å². The van der Waals surface area contributed by atoms with Crippen molar-refractivity contribution < 1.29 is 13.9 Å². The first-order chi connectivity index (χ1) is 12.5. The highest BCUT2D eigenvalue weighted by molar-refractivity contribution is 9.10. The predicted molar refractivity (Wildman–Crippen MR) is 102 cm³/mol. The van der Waals surface area contributed by atoms with Gasteiger partial charge in [0, 0.05) is 29.3 Å². The lowest BCUT2D eigenvalue weighted by Gasteiger charge is -2.40. The van der Waals surface area contributed by atoms with Gasteiger partial charge in [0.1, 0.15) is 5.82 Å². The zero-order valence-corrected chi connectivity index (χ0v) is 16.3. The van der Waals surface area contributed by atoms with Gasteiger partial charge in [0.25, 0.3) is 5.91 Å². The molecule has 0 spiro atoms. The summed E-state index contributed by atoms with van der Waals surface area (Å²) in [4.78, 5) is 19.1. The second kappa shape index (κ2) is 8.03. The van der Waals surface area contributed by atoms with Gasteiger partial charge in [0.05, 0.1) is 12.7 Å². The first kappa shape index (κ1) is 18.6. The zero-order chi connectivity index (χ0) is 18.7. The molecule has 0 unspecified atom stereocenters. The van der Waals surface area contributed by atoms with E-state index in [1.54, 1.807) is 17.2 Å². The molecule has 1 fully saturated rings. The van der Waals surface area contributed by atoms with Crippen LogP contribution in [0.1, 0.15) is 30.1 Å². The summed E-state index contributed by atoms with van der Waals surface area (Å²) in [7, 11) is 1.37. The average molecular weight is 422 g/mol. The number of methoxy groups -OCH3 is 1. The van der Waals surface area contributed by atoms with Crippen LogP contribution in [0.4, 0.5) is 10.2 Å². The lowest BCUT2D eigenvalue weighted by atomic mass is 9.96. The first-order valence-electron chi connectivity index (χ1n) is 8.53. The number of piperidine rings is 1. The molecule has 1 aromatic heterocycles. The molecule has 2 heterocycles. The largest absolute Gasteiger partial charge is 0.493 e. The highest BCUT2D eigenvalue weighted by Crippen LogP contribution is 2.28. The lowest BCUT2D eigenvalue weighted by Crippen LogP contribution is -2.52. The number of carbonyl (C=O) groups is 1. The van der Waals surface area contributed by atoms with Crippen LogP contribution in [0.2, 0.25) is 0 Å². The smallest absolute Gasteiger partial charge is 0.258 e. The van der Waals surface area contributed by atoms with Crippen molar-refractivity contribution in [1.29, 1.82) is 0 Å². The van der Waals surface area contributed by atoms with Crippen LogP contribution in [0.25, 0.3) is 0 Å². The Kier molecular flexibility index (Phi) is 5.76. The number of nitrogens with one attached hydrogen (secondary N) is 1. The normalized spacial score (nSPS) is 19.9. The molecule has 2 atom stereocenters. The minimum Gasteiger partial charge on any atom is -0.493 e. The third-order valence-electron chi connectivity index (χ3n) is 4.71. The van der Waals surface area contributed by atoms with Crippen molar-refractivity contribution >= 4 is 27.7 Å². The van der Waals surface area contributed by atoms with Crippen molar-refractivity contribution in [2.45, 2.75) is 31.8 Å². The minimum atomic E-state index is -0.531. The lowest BCUT2D eigenvalue weighted by molar-refractivity contribution is 0.0612. The standard InChI is InChI=1S/C19H21BrFN3O2/c1-12-16(23-17-9-8-13(20)11-22-17)7-4-10-24(12)19(25)14-5-3-6-15(21)18(14)26-2/h3,5-6,8-9,11-12,16H,4,7,10H2,1-2H3,(H,22,23)/t12-,16+/m1/s1. The van der Waals surface area contributed by atoms with Gasteiger partial charge < -0.3 is 15.0 Å². The fourth-order valence-electron chi connectivity index (χ4n) is 3.31. The topological polar surface area (TPSA) is 54.5 Å². The summed E-state index contributed by atoms with van der Waals surface area (Å²) in [6.07, 6.45) is 3.53. The third kappa shape index (κ3) is 3.82. The number of para-hydroxylation sites is 1. The van der Waals surface area contributed by atoms with Gasteiger partial charge in [0.2, 0.25) is 0 Å². The van der Waals surface area contributed by atoms with E-state index >= 15 is 0 Å². The van der Waals surface area contributed by atoms with E-state index in [1.165, 1.54) is 19.2 Å². The second-order valence-corrected chi connectivity index (χ2v) is 7.23. The van der Waals surface area contributed by atoms with Crippen LogP contribution >= 0.6 is 15.9 Å². The molecule has 2 aromatic rings. The number of rotatable bonds is 4. The second-order valence-electron chi connectivity index (χ2n) is 6.31. The number of halogens is 2. The number of ether oxygens (including phenoxy) is 1. The Balaban J connectivity index is 1.79. The van der Waals surface area contributed by atoms with E-state index in [-0.39, 0.29) is 29.3 Å². The Morgan fingerprint density at radius 3 is 2.88 bits per heavy atom. The van der Waals surface area contributed by atoms with E-state index in [0.29, 0.717) is 6.54 Å². The number of hydrogen-bond donors (Lipinski definition) is 1. The maximum Gasteiger partial charge on any atom is 0.258 e. The van der Waals surface area contributed by atoms with Gasteiger partial charge in [-0.05, 0) is 60.0 Å².